The van der Waals surface area contributed by atoms with Gasteiger partial charge in [-0.25, -0.2) is 4.99 Å². The van der Waals surface area contributed by atoms with E-state index in [-0.39, 0.29) is 22.8 Å². The van der Waals surface area contributed by atoms with Gasteiger partial charge >= 0.3 is 0 Å². The molecule has 0 saturated carbocycles. The molecule has 0 unspecified atom stereocenters. The first-order valence-electron chi connectivity index (χ1n) is 8.31. The van der Waals surface area contributed by atoms with Crippen LogP contribution >= 0.6 is 0 Å². The Labute approximate surface area is 160 Å². The normalized spacial score (nSPS) is 11.0. The summed E-state index contributed by atoms with van der Waals surface area (Å²) in [5.74, 6) is 0.910. The van der Waals surface area contributed by atoms with E-state index in [4.69, 9.17) is 9.47 Å². The number of nitro benzene ring substituents is 1. The Balaban J connectivity index is 2.04. The minimum atomic E-state index is -0.488. The Bertz CT molecular complexity index is 1060. The minimum absolute atomic E-state index is 0.0526. The second-order valence-corrected chi connectivity index (χ2v) is 5.66. The fourth-order valence-electron chi connectivity index (χ4n) is 2.35. The van der Waals surface area contributed by atoms with Crippen molar-refractivity contribution in [2.75, 3.05) is 7.11 Å². The van der Waals surface area contributed by atoms with Crippen LogP contribution in [0.15, 0.2) is 88.6 Å². The molecule has 0 radical (unpaired) electrons. The van der Waals surface area contributed by atoms with Gasteiger partial charge < -0.3 is 9.47 Å². The van der Waals surface area contributed by atoms with Crippen molar-refractivity contribution in [3.05, 3.63) is 105 Å². The Morgan fingerprint density at radius 1 is 0.929 bits per heavy atom. The molecule has 28 heavy (non-hydrogen) atoms. The number of nitro groups is 1. The van der Waals surface area contributed by atoms with Crippen LogP contribution in [-0.4, -0.2) is 17.9 Å². The second-order valence-electron chi connectivity index (χ2n) is 5.66. The lowest BCUT2D eigenvalue weighted by atomic mass is 10.2. The molecule has 140 valence electrons. The topological polar surface area (TPSA) is 91.0 Å². The summed E-state index contributed by atoms with van der Waals surface area (Å²) in [7, 11) is 1.56. The van der Waals surface area contributed by atoms with Crippen molar-refractivity contribution < 1.29 is 14.4 Å². The van der Waals surface area contributed by atoms with Gasteiger partial charge in [-0.3, -0.25) is 14.9 Å². The van der Waals surface area contributed by atoms with Gasteiger partial charge in [0.05, 0.1) is 17.7 Å². The molecule has 0 spiro atoms. The molecular weight excluding hydrogens is 360 g/mol. The number of rotatable bonds is 5. The maximum absolute atomic E-state index is 12.2. The van der Waals surface area contributed by atoms with Crippen molar-refractivity contribution in [2.45, 2.75) is 0 Å². The summed E-state index contributed by atoms with van der Waals surface area (Å²) in [6, 6.07) is 20.6. The zero-order valence-electron chi connectivity index (χ0n) is 14.9. The van der Waals surface area contributed by atoms with E-state index < -0.39 is 4.92 Å². The van der Waals surface area contributed by atoms with Gasteiger partial charge in [0.25, 0.3) is 5.69 Å². The Morgan fingerprint density at radius 3 is 2.25 bits per heavy atom. The standard InChI is InChI=1S/C21H16N2O5/c1-27-18-13-9-16(10-14-18)22-21(15-7-11-17(12-8-15)23(25)26)28-20-6-4-2-3-5-19(20)24/h2-14H,1H3. The van der Waals surface area contributed by atoms with E-state index in [0.717, 1.165) is 0 Å². The highest BCUT2D eigenvalue weighted by molar-refractivity contribution is 5.97. The van der Waals surface area contributed by atoms with Crippen LogP contribution in [0.1, 0.15) is 5.56 Å². The molecule has 0 aliphatic carbocycles. The fraction of sp³-hybridized carbons (Fsp3) is 0.0476. The first kappa shape index (κ1) is 18.8. The van der Waals surface area contributed by atoms with Crippen molar-refractivity contribution in [3.8, 4) is 11.5 Å². The molecule has 3 aromatic carbocycles. The first-order chi connectivity index (χ1) is 13.6. The molecule has 0 aromatic heterocycles. The van der Waals surface area contributed by atoms with Gasteiger partial charge in [0.1, 0.15) is 5.75 Å². The van der Waals surface area contributed by atoms with Gasteiger partial charge in [0, 0.05) is 17.7 Å². The third-order valence-electron chi connectivity index (χ3n) is 3.80. The fourth-order valence-corrected chi connectivity index (χ4v) is 2.35. The zero-order valence-corrected chi connectivity index (χ0v) is 14.9. The molecule has 0 heterocycles. The van der Waals surface area contributed by atoms with E-state index >= 15 is 0 Å². The summed E-state index contributed by atoms with van der Waals surface area (Å²) < 4.78 is 10.9. The van der Waals surface area contributed by atoms with Crippen molar-refractivity contribution in [1.29, 1.82) is 0 Å². The number of methoxy groups -OCH3 is 1. The monoisotopic (exact) mass is 376 g/mol. The quantitative estimate of drug-likeness (QED) is 0.289. The maximum Gasteiger partial charge on any atom is 0.269 e. The highest BCUT2D eigenvalue weighted by Gasteiger charge is 2.12. The largest absolute Gasteiger partial charge is 0.497 e. The number of nitrogens with zero attached hydrogens (tertiary/aromatic N) is 2. The van der Waals surface area contributed by atoms with Gasteiger partial charge in [-0.1, -0.05) is 18.2 Å². The van der Waals surface area contributed by atoms with E-state index in [1.807, 2.05) is 0 Å². The van der Waals surface area contributed by atoms with Gasteiger partial charge in [0.15, 0.2) is 5.75 Å². The molecule has 0 atom stereocenters. The maximum atomic E-state index is 12.2. The number of aliphatic imine (C=N–C) groups is 1. The number of non-ortho nitro benzene ring substituents is 1. The molecule has 0 saturated heterocycles. The molecule has 0 N–H and O–H groups in total. The van der Waals surface area contributed by atoms with E-state index in [1.165, 1.54) is 36.4 Å². The van der Waals surface area contributed by atoms with E-state index in [1.54, 1.807) is 49.6 Å². The van der Waals surface area contributed by atoms with Crippen molar-refractivity contribution >= 4 is 17.3 Å². The number of ether oxygens (including phenoxy) is 2. The van der Waals surface area contributed by atoms with Gasteiger partial charge in [-0.05, 0) is 48.5 Å². The van der Waals surface area contributed by atoms with Crippen LogP contribution in [0, 0.1) is 10.1 Å². The van der Waals surface area contributed by atoms with Crippen molar-refractivity contribution in [3.63, 3.8) is 0 Å². The summed E-state index contributed by atoms with van der Waals surface area (Å²) in [5, 5.41) is 10.9. The lowest BCUT2D eigenvalue weighted by Crippen LogP contribution is -2.14. The van der Waals surface area contributed by atoms with Crippen LogP contribution < -0.4 is 14.9 Å². The number of benzene rings is 2. The average Bonchev–Trinajstić information content (AvgIpc) is 2.92. The molecule has 7 nitrogen and oxygen atoms in total. The van der Waals surface area contributed by atoms with Crippen LogP contribution in [-0.2, 0) is 0 Å². The van der Waals surface area contributed by atoms with Crippen LogP contribution in [0.2, 0.25) is 0 Å². The Hall–Kier alpha value is -4.00. The molecule has 0 amide bonds. The van der Waals surface area contributed by atoms with Gasteiger partial charge in [0.2, 0.25) is 11.3 Å². The summed E-state index contributed by atoms with van der Waals surface area (Å²) in [6.07, 6.45) is 0. The summed E-state index contributed by atoms with van der Waals surface area (Å²) in [5.41, 5.74) is 0.701. The summed E-state index contributed by atoms with van der Waals surface area (Å²) >= 11 is 0. The third kappa shape index (κ3) is 4.59. The molecule has 0 aliphatic rings. The predicted molar refractivity (Wildman–Crippen MR) is 106 cm³/mol. The second kappa shape index (κ2) is 8.59. The lowest BCUT2D eigenvalue weighted by Gasteiger charge is -2.08. The van der Waals surface area contributed by atoms with E-state index in [9.17, 15) is 14.9 Å². The van der Waals surface area contributed by atoms with E-state index in [0.29, 0.717) is 17.0 Å². The molecule has 0 aliphatic heterocycles. The molecule has 0 fully saturated rings. The van der Waals surface area contributed by atoms with Crippen molar-refractivity contribution in [2.24, 2.45) is 4.99 Å². The zero-order chi connectivity index (χ0) is 19.9. The van der Waals surface area contributed by atoms with E-state index in [2.05, 4.69) is 4.99 Å². The number of hydrogen-bond donors (Lipinski definition) is 0. The molecule has 3 aromatic rings. The van der Waals surface area contributed by atoms with Gasteiger partial charge in [-0.15, -0.1) is 0 Å². The molecule has 7 heteroatoms. The molecule has 0 bridgehead atoms. The van der Waals surface area contributed by atoms with Crippen LogP contribution in [0.25, 0.3) is 0 Å². The highest BCUT2D eigenvalue weighted by Crippen LogP contribution is 2.21. The molecule has 3 rings (SSSR count). The van der Waals surface area contributed by atoms with Crippen LogP contribution in [0.4, 0.5) is 11.4 Å². The Morgan fingerprint density at radius 2 is 1.61 bits per heavy atom. The summed E-state index contributed by atoms with van der Waals surface area (Å²) in [4.78, 5) is 27.1. The number of hydrogen-bond acceptors (Lipinski definition) is 6. The molecular formula is C21H16N2O5. The highest BCUT2D eigenvalue weighted by atomic mass is 16.6. The lowest BCUT2D eigenvalue weighted by molar-refractivity contribution is -0.384. The third-order valence-corrected chi connectivity index (χ3v) is 3.80. The smallest absolute Gasteiger partial charge is 0.269 e. The average molecular weight is 376 g/mol. The van der Waals surface area contributed by atoms with Crippen LogP contribution in [0.5, 0.6) is 11.5 Å². The first-order valence-corrected chi connectivity index (χ1v) is 8.31. The SMILES string of the molecule is COc1ccc(N=C(Oc2cccccc2=O)c2ccc([N+](=O)[O-])cc2)cc1. The van der Waals surface area contributed by atoms with Crippen molar-refractivity contribution in [1.82, 2.24) is 0 Å². The minimum Gasteiger partial charge on any atom is -0.497 e. The predicted octanol–water partition coefficient (Wildman–Crippen LogP) is 4.12. The van der Waals surface area contributed by atoms with Crippen LogP contribution in [0.3, 0.4) is 0 Å². The Kier molecular flexibility index (Phi) is 5.76. The van der Waals surface area contributed by atoms with Gasteiger partial charge in [-0.2, -0.15) is 0 Å². The summed E-state index contributed by atoms with van der Waals surface area (Å²) in [6.45, 7) is 0.